The molecule has 0 radical (unpaired) electrons. The number of aryl methyl sites for hydroxylation is 1. The van der Waals surface area contributed by atoms with E-state index in [0.717, 1.165) is 57.1 Å². The minimum atomic E-state index is 0.0698. The van der Waals surface area contributed by atoms with Gasteiger partial charge in [0.05, 0.1) is 4.70 Å². The Bertz CT molecular complexity index is 1230. The van der Waals surface area contributed by atoms with Crippen LogP contribution in [-0.4, -0.2) is 47.9 Å². The first-order valence-electron chi connectivity index (χ1n) is 12.0. The van der Waals surface area contributed by atoms with E-state index in [4.69, 9.17) is 4.37 Å². The van der Waals surface area contributed by atoms with Crippen molar-refractivity contribution in [1.82, 2.24) is 9.27 Å². The Kier molecular flexibility index (Phi) is 7.17. The summed E-state index contributed by atoms with van der Waals surface area (Å²) >= 11 is 1.58. The van der Waals surface area contributed by atoms with E-state index in [1.54, 1.807) is 11.5 Å². The lowest BCUT2D eigenvalue weighted by Gasteiger charge is -2.35. The summed E-state index contributed by atoms with van der Waals surface area (Å²) in [5.41, 5.74) is 3.33. The quantitative estimate of drug-likeness (QED) is 0.383. The summed E-state index contributed by atoms with van der Waals surface area (Å²) in [6.07, 6.45) is 2.17. The van der Waals surface area contributed by atoms with Crippen molar-refractivity contribution in [2.75, 3.05) is 42.9 Å². The third-order valence-electron chi connectivity index (χ3n) is 6.50. The molecule has 5 rings (SSSR count). The third kappa shape index (κ3) is 5.46. The molecule has 174 valence electrons. The van der Waals surface area contributed by atoms with Gasteiger partial charge in [0.25, 0.3) is 0 Å². The lowest BCUT2D eigenvalue weighted by molar-refractivity contribution is -0.116. The molecule has 1 N–H and O–H groups in total. The third-order valence-corrected chi connectivity index (χ3v) is 7.32. The highest BCUT2D eigenvalue weighted by Gasteiger charge is 2.20. The molecular formula is C28H30N4OS. The highest BCUT2D eigenvalue weighted by atomic mass is 32.1. The number of rotatable bonds is 8. The van der Waals surface area contributed by atoms with Gasteiger partial charge < -0.3 is 10.2 Å². The number of hydrogen-bond acceptors (Lipinski definition) is 5. The van der Waals surface area contributed by atoms with Crippen LogP contribution in [0.5, 0.6) is 0 Å². The van der Waals surface area contributed by atoms with Crippen LogP contribution in [0.3, 0.4) is 0 Å². The second-order valence-corrected chi connectivity index (χ2v) is 9.58. The molecule has 0 spiro atoms. The van der Waals surface area contributed by atoms with Crippen LogP contribution in [0.1, 0.15) is 17.5 Å². The average Bonchev–Trinajstić information content (AvgIpc) is 3.32. The van der Waals surface area contributed by atoms with Gasteiger partial charge in [0, 0.05) is 50.2 Å². The van der Waals surface area contributed by atoms with Crippen LogP contribution in [-0.2, 0) is 17.6 Å². The summed E-state index contributed by atoms with van der Waals surface area (Å²) in [7, 11) is 0. The smallest absolute Gasteiger partial charge is 0.224 e. The van der Waals surface area contributed by atoms with Gasteiger partial charge in [-0.2, -0.15) is 4.37 Å². The zero-order valence-electron chi connectivity index (χ0n) is 19.3. The monoisotopic (exact) mass is 470 g/mol. The first kappa shape index (κ1) is 22.6. The number of para-hydroxylation sites is 1. The van der Waals surface area contributed by atoms with Crippen LogP contribution < -0.4 is 10.2 Å². The fraction of sp³-hybridized carbons (Fsp3) is 0.286. The number of aromatic nitrogens is 1. The van der Waals surface area contributed by atoms with Crippen molar-refractivity contribution in [2.45, 2.75) is 19.3 Å². The Hall–Kier alpha value is -3.22. The van der Waals surface area contributed by atoms with E-state index in [-0.39, 0.29) is 5.91 Å². The van der Waals surface area contributed by atoms with E-state index >= 15 is 0 Å². The molecule has 1 aromatic heterocycles. The molecule has 2 heterocycles. The number of nitrogens with zero attached hydrogens (tertiary/aromatic N) is 3. The molecule has 6 heteroatoms. The van der Waals surface area contributed by atoms with Crippen molar-refractivity contribution in [1.29, 1.82) is 0 Å². The van der Waals surface area contributed by atoms with E-state index in [0.29, 0.717) is 6.42 Å². The maximum atomic E-state index is 12.6. The Morgan fingerprint density at radius 3 is 2.44 bits per heavy atom. The lowest BCUT2D eigenvalue weighted by atomic mass is 10.1. The summed E-state index contributed by atoms with van der Waals surface area (Å²) in [6.45, 7) is 5.02. The van der Waals surface area contributed by atoms with Crippen molar-refractivity contribution < 1.29 is 4.79 Å². The van der Waals surface area contributed by atoms with Gasteiger partial charge in [-0.3, -0.25) is 9.69 Å². The van der Waals surface area contributed by atoms with E-state index in [2.05, 4.69) is 63.6 Å². The van der Waals surface area contributed by atoms with Gasteiger partial charge in [0.2, 0.25) is 5.91 Å². The van der Waals surface area contributed by atoms with Crippen LogP contribution in [0.25, 0.3) is 10.1 Å². The molecule has 34 heavy (non-hydrogen) atoms. The number of amides is 1. The number of carbonyl (C=O) groups excluding carboxylic acids is 1. The van der Waals surface area contributed by atoms with Gasteiger partial charge in [-0.15, -0.1) is 0 Å². The molecule has 1 fully saturated rings. The molecule has 3 aromatic carbocycles. The topological polar surface area (TPSA) is 48.5 Å². The summed E-state index contributed by atoms with van der Waals surface area (Å²) in [4.78, 5) is 17.5. The average molecular weight is 471 g/mol. The van der Waals surface area contributed by atoms with Gasteiger partial charge in [-0.1, -0.05) is 60.7 Å². The van der Waals surface area contributed by atoms with Crippen LogP contribution >= 0.6 is 11.5 Å². The molecular weight excluding hydrogens is 440 g/mol. The highest BCUT2D eigenvalue weighted by Crippen LogP contribution is 2.30. The largest absolute Gasteiger partial charge is 0.353 e. The first-order valence-corrected chi connectivity index (χ1v) is 12.8. The Morgan fingerprint density at radius 1 is 0.853 bits per heavy atom. The minimum Gasteiger partial charge on any atom is -0.353 e. The number of piperazine rings is 1. The molecule has 1 amide bonds. The molecule has 0 aliphatic carbocycles. The number of hydrogen-bond donors (Lipinski definition) is 1. The number of fused-ring (bicyclic) bond motifs is 1. The zero-order chi connectivity index (χ0) is 23.2. The standard InChI is InChI=1S/C28H30N4OS/c33-27(15-14-22-8-2-1-3-9-22)29-25-12-6-4-10-23(25)16-17-31-18-20-32(21-19-31)28-24-11-5-7-13-26(24)34-30-28/h1-13H,14-21H2,(H,29,33). The van der Waals surface area contributed by atoms with Crippen LogP contribution in [0.2, 0.25) is 0 Å². The normalized spacial score (nSPS) is 14.4. The molecule has 0 bridgehead atoms. The van der Waals surface area contributed by atoms with Crippen molar-refractivity contribution >= 4 is 39.0 Å². The maximum absolute atomic E-state index is 12.6. The van der Waals surface area contributed by atoms with Crippen molar-refractivity contribution in [2.24, 2.45) is 0 Å². The fourth-order valence-corrected chi connectivity index (χ4v) is 5.33. The van der Waals surface area contributed by atoms with Crippen molar-refractivity contribution in [3.8, 4) is 0 Å². The summed E-state index contributed by atoms with van der Waals surface area (Å²) in [5.74, 6) is 1.20. The molecule has 4 aromatic rings. The van der Waals surface area contributed by atoms with E-state index in [9.17, 15) is 4.79 Å². The Labute approximate surface area is 205 Å². The molecule has 0 unspecified atom stereocenters. The number of anilines is 2. The number of carbonyl (C=O) groups is 1. The van der Waals surface area contributed by atoms with Gasteiger partial charge in [0.1, 0.15) is 5.82 Å². The van der Waals surface area contributed by atoms with E-state index in [1.807, 2.05) is 30.3 Å². The van der Waals surface area contributed by atoms with Crippen LogP contribution in [0.4, 0.5) is 11.5 Å². The molecule has 5 nitrogen and oxygen atoms in total. The predicted octanol–water partition coefficient (Wildman–Crippen LogP) is 5.23. The van der Waals surface area contributed by atoms with Crippen molar-refractivity contribution in [3.05, 3.63) is 90.0 Å². The van der Waals surface area contributed by atoms with E-state index < -0.39 is 0 Å². The second kappa shape index (κ2) is 10.8. The molecule has 0 atom stereocenters. The van der Waals surface area contributed by atoms with E-state index in [1.165, 1.54) is 21.2 Å². The Balaban J connectivity index is 1.12. The van der Waals surface area contributed by atoms with Gasteiger partial charge >= 0.3 is 0 Å². The molecule has 1 aliphatic heterocycles. The number of benzene rings is 3. The Morgan fingerprint density at radius 2 is 1.59 bits per heavy atom. The zero-order valence-corrected chi connectivity index (χ0v) is 20.1. The summed E-state index contributed by atoms with van der Waals surface area (Å²) in [6, 6.07) is 26.8. The lowest BCUT2D eigenvalue weighted by Crippen LogP contribution is -2.47. The van der Waals surface area contributed by atoms with Gasteiger partial charge in [-0.05, 0) is 53.7 Å². The molecule has 0 saturated carbocycles. The highest BCUT2D eigenvalue weighted by molar-refractivity contribution is 7.13. The van der Waals surface area contributed by atoms with Gasteiger partial charge in [-0.25, -0.2) is 0 Å². The summed E-state index contributed by atoms with van der Waals surface area (Å²) in [5, 5.41) is 4.40. The van der Waals surface area contributed by atoms with Crippen molar-refractivity contribution in [3.63, 3.8) is 0 Å². The van der Waals surface area contributed by atoms with Crippen LogP contribution in [0, 0.1) is 0 Å². The minimum absolute atomic E-state index is 0.0698. The van der Waals surface area contributed by atoms with Crippen LogP contribution in [0.15, 0.2) is 78.9 Å². The second-order valence-electron chi connectivity index (χ2n) is 8.77. The summed E-state index contributed by atoms with van der Waals surface area (Å²) < 4.78 is 5.97. The number of nitrogens with one attached hydrogen (secondary N) is 1. The van der Waals surface area contributed by atoms with Gasteiger partial charge in [0.15, 0.2) is 0 Å². The predicted molar refractivity (Wildman–Crippen MR) is 142 cm³/mol. The SMILES string of the molecule is O=C(CCc1ccccc1)Nc1ccccc1CCN1CCN(c2nsc3ccccc23)CC1. The maximum Gasteiger partial charge on any atom is 0.224 e. The molecule has 1 saturated heterocycles. The molecule has 1 aliphatic rings. The first-order chi connectivity index (χ1) is 16.8. The fourth-order valence-electron chi connectivity index (χ4n) is 4.54.